The van der Waals surface area contributed by atoms with Gasteiger partial charge in [0.05, 0.1) is 6.10 Å². The normalized spacial score (nSPS) is 23.2. The number of amides is 1. The molecule has 1 amide bonds. The maximum absolute atomic E-state index is 11.5. The predicted molar refractivity (Wildman–Crippen MR) is 54.4 cm³/mol. The lowest BCUT2D eigenvalue weighted by Crippen LogP contribution is -2.30. The van der Waals surface area contributed by atoms with Crippen molar-refractivity contribution in [3.05, 3.63) is 0 Å². The molecule has 3 nitrogen and oxygen atoms in total. The van der Waals surface area contributed by atoms with Crippen molar-refractivity contribution >= 4 is 5.91 Å². The summed E-state index contributed by atoms with van der Waals surface area (Å²) in [5.41, 5.74) is 0. The van der Waals surface area contributed by atoms with Crippen LogP contribution in [0.5, 0.6) is 0 Å². The minimum Gasteiger partial charge on any atom is -0.393 e. The molecule has 2 atom stereocenters. The SMILES string of the molecule is C#CCCC(=O)N1CCC(C(C)O)C1. The summed E-state index contributed by atoms with van der Waals surface area (Å²) >= 11 is 0. The van der Waals surface area contributed by atoms with Crippen molar-refractivity contribution in [2.75, 3.05) is 13.1 Å². The Balaban J connectivity index is 2.35. The topological polar surface area (TPSA) is 40.5 Å². The molecule has 0 radical (unpaired) electrons. The Morgan fingerprint density at radius 3 is 3.00 bits per heavy atom. The van der Waals surface area contributed by atoms with Crippen LogP contribution in [0, 0.1) is 18.3 Å². The van der Waals surface area contributed by atoms with Gasteiger partial charge in [0.15, 0.2) is 0 Å². The second-order valence-corrected chi connectivity index (χ2v) is 3.83. The highest BCUT2D eigenvalue weighted by atomic mass is 16.3. The highest BCUT2D eigenvalue weighted by Gasteiger charge is 2.28. The molecule has 0 saturated carbocycles. The number of carbonyl (C=O) groups is 1. The highest BCUT2D eigenvalue weighted by Crippen LogP contribution is 2.20. The Kier molecular flexibility index (Phi) is 3.97. The summed E-state index contributed by atoms with van der Waals surface area (Å²) in [6.45, 7) is 3.22. The largest absolute Gasteiger partial charge is 0.393 e. The van der Waals surface area contributed by atoms with Gasteiger partial charge in [-0.1, -0.05) is 0 Å². The number of terminal acetylenes is 1. The molecule has 1 heterocycles. The summed E-state index contributed by atoms with van der Waals surface area (Å²) in [6, 6.07) is 0. The summed E-state index contributed by atoms with van der Waals surface area (Å²) in [4.78, 5) is 13.3. The molecule has 1 N–H and O–H groups in total. The van der Waals surface area contributed by atoms with E-state index in [1.165, 1.54) is 0 Å². The smallest absolute Gasteiger partial charge is 0.223 e. The first-order valence-electron chi connectivity index (χ1n) is 5.04. The van der Waals surface area contributed by atoms with E-state index in [1.807, 2.05) is 0 Å². The molecule has 0 aliphatic carbocycles. The molecule has 1 rings (SSSR count). The number of rotatable bonds is 3. The van der Waals surface area contributed by atoms with Gasteiger partial charge < -0.3 is 10.0 Å². The summed E-state index contributed by atoms with van der Waals surface area (Å²) in [5, 5.41) is 9.36. The number of hydrogen-bond donors (Lipinski definition) is 1. The fraction of sp³-hybridized carbons (Fsp3) is 0.727. The molecule has 1 fully saturated rings. The van der Waals surface area contributed by atoms with Gasteiger partial charge in [0.2, 0.25) is 5.91 Å². The molecular formula is C11H17NO2. The molecule has 14 heavy (non-hydrogen) atoms. The van der Waals surface area contributed by atoms with E-state index >= 15 is 0 Å². The Hall–Kier alpha value is -1.01. The van der Waals surface area contributed by atoms with E-state index in [1.54, 1.807) is 11.8 Å². The number of carbonyl (C=O) groups excluding carboxylic acids is 1. The van der Waals surface area contributed by atoms with Crippen LogP contribution in [0.4, 0.5) is 0 Å². The van der Waals surface area contributed by atoms with Gasteiger partial charge in [0, 0.05) is 31.8 Å². The van der Waals surface area contributed by atoms with Crippen LogP contribution in [0.2, 0.25) is 0 Å². The fourth-order valence-electron chi connectivity index (χ4n) is 1.74. The Labute approximate surface area is 85.1 Å². The molecule has 0 bridgehead atoms. The Morgan fingerprint density at radius 1 is 1.79 bits per heavy atom. The molecule has 2 unspecified atom stereocenters. The summed E-state index contributed by atoms with van der Waals surface area (Å²) < 4.78 is 0. The second-order valence-electron chi connectivity index (χ2n) is 3.83. The van der Waals surface area contributed by atoms with Gasteiger partial charge in [-0.2, -0.15) is 0 Å². The van der Waals surface area contributed by atoms with Crippen LogP contribution in [0.25, 0.3) is 0 Å². The van der Waals surface area contributed by atoms with Crippen LogP contribution in [0.1, 0.15) is 26.2 Å². The van der Waals surface area contributed by atoms with E-state index in [-0.39, 0.29) is 17.9 Å². The number of aliphatic hydroxyl groups excluding tert-OH is 1. The second kappa shape index (κ2) is 5.02. The lowest BCUT2D eigenvalue weighted by molar-refractivity contribution is -0.130. The van der Waals surface area contributed by atoms with Crippen LogP contribution >= 0.6 is 0 Å². The molecule has 0 aromatic carbocycles. The molecule has 0 aromatic rings. The van der Waals surface area contributed by atoms with Crippen molar-refractivity contribution in [1.29, 1.82) is 0 Å². The van der Waals surface area contributed by atoms with Gasteiger partial charge in [0.25, 0.3) is 0 Å². The third kappa shape index (κ3) is 2.74. The van der Waals surface area contributed by atoms with Crippen molar-refractivity contribution in [3.63, 3.8) is 0 Å². The van der Waals surface area contributed by atoms with Crippen molar-refractivity contribution < 1.29 is 9.90 Å². The molecule has 0 aromatic heterocycles. The van der Waals surface area contributed by atoms with E-state index in [0.717, 1.165) is 13.0 Å². The van der Waals surface area contributed by atoms with Crippen LogP contribution in [-0.2, 0) is 4.79 Å². The van der Waals surface area contributed by atoms with Crippen molar-refractivity contribution in [2.45, 2.75) is 32.3 Å². The Morgan fingerprint density at radius 2 is 2.50 bits per heavy atom. The lowest BCUT2D eigenvalue weighted by atomic mass is 10.0. The zero-order valence-electron chi connectivity index (χ0n) is 8.57. The minimum atomic E-state index is -0.319. The molecule has 3 heteroatoms. The van der Waals surface area contributed by atoms with E-state index in [9.17, 15) is 9.90 Å². The summed E-state index contributed by atoms with van der Waals surface area (Å²) in [7, 11) is 0. The van der Waals surface area contributed by atoms with Crippen LogP contribution in [-0.4, -0.2) is 35.1 Å². The molecule has 1 aliphatic rings. The van der Waals surface area contributed by atoms with Gasteiger partial charge in [0.1, 0.15) is 0 Å². The third-order valence-electron chi connectivity index (χ3n) is 2.74. The summed E-state index contributed by atoms with van der Waals surface area (Å²) in [5.74, 6) is 2.82. The van der Waals surface area contributed by atoms with Crippen molar-refractivity contribution in [1.82, 2.24) is 4.90 Å². The third-order valence-corrected chi connectivity index (χ3v) is 2.74. The van der Waals surface area contributed by atoms with Gasteiger partial charge in [-0.05, 0) is 13.3 Å². The molecule has 1 aliphatic heterocycles. The number of likely N-dealkylation sites (tertiary alicyclic amines) is 1. The number of hydrogen-bond acceptors (Lipinski definition) is 2. The van der Waals surface area contributed by atoms with Crippen molar-refractivity contribution in [3.8, 4) is 12.3 Å². The van der Waals surface area contributed by atoms with Gasteiger partial charge >= 0.3 is 0 Å². The monoisotopic (exact) mass is 195 g/mol. The summed E-state index contributed by atoms with van der Waals surface area (Å²) in [6.07, 6.45) is 6.62. The zero-order valence-corrected chi connectivity index (χ0v) is 8.57. The van der Waals surface area contributed by atoms with E-state index in [2.05, 4.69) is 5.92 Å². The van der Waals surface area contributed by atoms with E-state index in [4.69, 9.17) is 6.42 Å². The average molecular weight is 195 g/mol. The van der Waals surface area contributed by atoms with Gasteiger partial charge in [-0.15, -0.1) is 12.3 Å². The van der Waals surface area contributed by atoms with Crippen LogP contribution < -0.4 is 0 Å². The molecule has 78 valence electrons. The number of nitrogens with zero attached hydrogens (tertiary/aromatic N) is 1. The van der Waals surface area contributed by atoms with Crippen LogP contribution in [0.15, 0.2) is 0 Å². The van der Waals surface area contributed by atoms with E-state index in [0.29, 0.717) is 19.4 Å². The number of aliphatic hydroxyl groups is 1. The standard InChI is InChI=1S/C11H17NO2/c1-3-4-5-11(14)12-7-6-10(8-12)9(2)13/h1,9-10,13H,4-8H2,2H3. The average Bonchev–Trinajstić information content (AvgIpc) is 2.62. The first kappa shape index (κ1) is 11.1. The highest BCUT2D eigenvalue weighted by molar-refractivity contribution is 5.76. The van der Waals surface area contributed by atoms with E-state index < -0.39 is 0 Å². The minimum absolute atomic E-state index is 0.117. The fourth-order valence-corrected chi connectivity index (χ4v) is 1.74. The lowest BCUT2D eigenvalue weighted by Gasteiger charge is -2.17. The quantitative estimate of drug-likeness (QED) is 0.671. The predicted octanol–water partition coefficient (Wildman–Crippen LogP) is 0.629. The van der Waals surface area contributed by atoms with Gasteiger partial charge in [-0.3, -0.25) is 4.79 Å². The first-order chi connectivity index (χ1) is 6.65. The molecular weight excluding hydrogens is 178 g/mol. The maximum atomic E-state index is 11.5. The van der Waals surface area contributed by atoms with Crippen LogP contribution in [0.3, 0.4) is 0 Å². The van der Waals surface area contributed by atoms with Crippen molar-refractivity contribution in [2.24, 2.45) is 5.92 Å². The molecule has 0 spiro atoms. The first-order valence-corrected chi connectivity index (χ1v) is 5.04. The Bertz CT molecular complexity index is 242. The molecule has 1 saturated heterocycles. The zero-order chi connectivity index (χ0) is 10.6. The maximum Gasteiger partial charge on any atom is 0.223 e. The van der Waals surface area contributed by atoms with Gasteiger partial charge in [-0.25, -0.2) is 0 Å².